The van der Waals surface area contributed by atoms with E-state index >= 15 is 0 Å². The predicted octanol–water partition coefficient (Wildman–Crippen LogP) is 6.81. The third-order valence-corrected chi connectivity index (χ3v) is 10.5. The molecule has 0 aliphatic heterocycles. The predicted molar refractivity (Wildman–Crippen MR) is 162 cm³/mol. The molecule has 0 saturated carbocycles. The first-order valence-electron chi connectivity index (χ1n) is 12.7. The van der Waals surface area contributed by atoms with Crippen LogP contribution in [0.15, 0.2) is 58.5 Å². The fourth-order valence-electron chi connectivity index (χ4n) is 3.95. The van der Waals surface area contributed by atoms with Crippen LogP contribution in [-0.4, -0.2) is 38.8 Å². The molecule has 4 nitrogen and oxygen atoms in total. The monoisotopic (exact) mass is 516 g/mol. The molecule has 0 radical (unpaired) electrons. The number of hydrogen-bond acceptors (Lipinski definition) is 4. The molecule has 36 heavy (non-hydrogen) atoms. The number of aryl methyl sites for hydroxylation is 2. The molecule has 0 aliphatic rings. The van der Waals surface area contributed by atoms with Gasteiger partial charge in [0.25, 0.3) is 0 Å². The van der Waals surface area contributed by atoms with Gasteiger partial charge in [-0.1, -0.05) is 87.8 Å². The molecule has 6 heteroatoms. The maximum atomic E-state index is 10.7. The second-order valence-electron chi connectivity index (χ2n) is 11.4. The fourth-order valence-corrected chi connectivity index (χ4v) is 6.34. The molecule has 0 spiro atoms. The lowest BCUT2D eigenvalue weighted by atomic mass is 10.1. The van der Waals surface area contributed by atoms with Gasteiger partial charge in [-0.15, -0.1) is 0 Å². The van der Waals surface area contributed by atoms with Crippen LogP contribution in [0.4, 0.5) is 11.4 Å². The van der Waals surface area contributed by atoms with E-state index in [9.17, 15) is 10.2 Å². The first-order chi connectivity index (χ1) is 16.8. The van der Waals surface area contributed by atoms with E-state index in [-0.39, 0.29) is 0 Å². The highest BCUT2D eigenvalue weighted by Crippen LogP contribution is 2.26. The quantitative estimate of drug-likeness (QED) is 0.255. The highest BCUT2D eigenvalue weighted by molar-refractivity contribution is 6.89. The van der Waals surface area contributed by atoms with Crippen molar-refractivity contribution in [3.63, 3.8) is 0 Å². The first-order valence-corrected chi connectivity index (χ1v) is 19.7. The summed E-state index contributed by atoms with van der Waals surface area (Å²) in [5, 5.41) is 24.0. The van der Waals surface area contributed by atoms with E-state index in [1.165, 1.54) is 10.4 Å². The van der Waals surface area contributed by atoms with Crippen LogP contribution in [0.2, 0.25) is 39.3 Å². The second kappa shape index (κ2) is 11.0. The fraction of sp³-hybridized carbons (Fsp3) is 0.333. The summed E-state index contributed by atoms with van der Waals surface area (Å²) >= 11 is 0. The van der Waals surface area contributed by atoms with Gasteiger partial charge in [-0.2, -0.15) is 0 Å². The van der Waals surface area contributed by atoms with E-state index in [1.807, 2.05) is 24.3 Å². The van der Waals surface area contributed by atoms with Crippen molar-refractivity contribution in [2.45, 2.75) is 66.0 Å². The molecular formula is C30H40N2O2Si2. The van der Waals surface area contributed by atoms with Crippen LogP contribution in [0, 0.1) is 0 Å². The Bertz CT molecular complexity index is 1180. The average molecular weight is 517 g/mol. The Hall–Kier alpha value is -2.97. The lowest BCUT2D eigenvalue weighted by Crippen LogP contribution is -2.38. The minimum absolute atomic E-state index is 0.316. The van der Waals surface area contributed by atoms with Gasteiger partial charge in [-0.05, 0) is 48.2 Å². The van der Waals surface area contributed by atoms with Crippen LogP contribution in [-0.2, 0) is 12.8 Å². The molecule has 0 atom stereocenters. The summed E-state index contributed by atoms with van der Waals surface area (Å²) in [6, 6.07) is 16.1. The summed E-state index contributed by atoms with van der Waals surface area (Å²) in [6.07, 6.45) is 5.08. The molecule has 0 amide bonds. The number of phenolic OH excluding ortho intramolecular Hbond substituents is 2. The van der Waals surface area contributed by atoms with Crippen LogP contribution in [0.1, 0.15) is 36.1 Å². The van der Waals surface area contributed by atoms with Crippen LogP contribution in [0.25, 0.3) is 0 Å². The zero-order valence-electron chi connectivity index (χ0n) is 23.0. The maximum Gasteiger partial charge on any atom is 0.127 e. The van der Waals surface area contributed by atoms with Crippen molar-refractivity contribution in [2.75, 3.05) is 0 Å². The van der Waals surface area contributed by atoms with Gasteiger partial charge in [0.15, 0.2) is 0 Å². The smallest absolute Gasteiger partial charge is 0.127 e. The van der Waals surface area contributed by atoms with Crippen molar-refractivity contribution in [2.24, 2.45) is 9.98 Å². The third kappa shape index (κ3) is 6.62. The minimum atomic E-state index is -1.52. The third-order valence-electron chi connectivity index (χ3n) is 6.49. The summed E-state index contributed by atoms with van der Waals surface area (Å²) in [4.78, 5) is 9.23. The van der Waals surface area contributed by atoms with Crippen molar-refractivity contribution in [3.8, 4) is 11.5 Å². The van der Waals surface area contributed by atoms with Crippen molar-refractivity contribution in [3.05, 3.63) is 70.8 Å². The Labute approximate surface area is 218 Å². The molecule has 3 rings (SSSR count). The number of benzene rings is 3. The molecule has 3 aromatic carbocycles. The van der Waals surface area contributed by atoms with Crippen LogP contribution < -0.4 is 10.4 Å². The van der Waals surface area contributed by atoms with Gasteiger partial charge in [-0.25, -0.2) is 0 Å². The van der Waals surface area contributed by atoms with Crippen molar-refractivity contribution < 1.29 is 10.2 Å². The van der Waals surface area contributed by atoms with Crippen LogP contribution in [0.3, 0.4) is 0 Å². The molecule has 0 unspecified atom stereocenters. The molecule has 190 valence electrons. The van der Waals surface area contributed by atoms with Crippen molar-refractivity contribution in [1.82, 2.24) is 0 Å². The molecule has 0 aliphatic carbocycles. The summed E-state index contributed by atoms with van der Waals surface area (Å²) < 4.78 is 0. The second-order valence-corrected chi connectivity index (χ2v) is 21.5. The van der Waals surface area contributed by atoms with E-state index < -0.39 is 16.1 Å². The van der Waals surface area contributed by atoms with E-state index in [2.05, 4.69) is 87.4 Å². The van der Waals surface area contributed by atoms with Gasteiger partial charge < -0.3 is 10.2 Å². The van der Waals surface area contributed by atoms with Crippen LogP contribution >= 0.6 is 0 Å². The summed E-state index contributed by atoms with van der Waals surface area (Å²) in [5.74, 6) is 0.632. The number of hydrogen-bond donors (Lipinski definition) is 2. The number of aromatic hydroxyl groups is 2. The van der Waals surface area contributed by atoms with E-state index in [0.717, 1.165) is 46.5 Å². The topological polar surface area (TPSA) is 65.2 Å². The zero-order chi connectivity index (χ0) is 26.7. The number of phenols is 2. The molecule has 0 fully saturated rings. The number of nitrogens with zero attached hydrogens (tertiary/aromatic N) is 2. The Morgan fingerprint density at radius 2 is 0.944 bits per heavy atom. The van der Waals surface area contributed by atoms with E-state index in [0.29, 0.717) is 11.5 Å². The SMILES string of the molecule is CCc1cc([Si](C)(C)C)cc(C=Nc2ccc(N=Cc3cc([Si](C)(C)C)cc(CC)c3O)cc2)c1O. The Balaban J connectivity index is 1.85. The molecule has 3 aromatic rings. The van der Waals surface area contributed by atoms with Crippen molar-refractivity contribution >= 4 is 50.3 Å². The molecule has 0 saturated heterocycles. The van der Waals surface area contributed by atoms with Gasteiger partial charge in [0, 0.05) is 23.6 Å². The lowest BCUT2D eigenvalue weighted by molar-refractivity contribution is 0.467. The largest absolute Gasteiger partial charge is 0.507 e. The molecule has 0 bridgehead atoms. The highest BCUT2D eigenvalue weighted by atomic mass is 28.3. The highest BCUT2D eigenvalue weighted by Gasteiger charge is 2.20. The standard InChI is InChI=1S/C30H40N2O2Si2/c1-9-21-15-27(35(3,4)5)17-23(29(21)33)19-31-25-11-13-26(14-12-25)32-20-24-18-28(36(6,7)8)16-22(10-2)30(24)34/h11-20,33-34H,9-10H2,1-8H3. The van der Waals surface area contributed by atoms with Gasteiger partial charge in [0.2, 0.25) is 0 Å². The first kappa shape index (κ1) is 27.6. The van der Waals surface area contributed by atoms with Gasteiger partial charge in [0.1, 0.15) is 11.5 Å². The van der Waals surface area contributed by atoms with Crippen LogP contribution in [0.5, 0.6) is 11.5 Å². The number of rotatable bonds is 8. The Morgan fingerprint density at radius 1 is 0.611 bits per heavy atom. The normalized spacial score (nSPS) is 12.7. The molecular weight excluding hydrogens is 477 g/mol. The summed E-state index contributed by atoms with van der Waals surface area (Å²) in [5.41, 5.74) is 5.04. The Morgan fingerprint density at radius 3 is 1.22 bits per heavy atom. The molecule has 0 heterocycles. The minimum Gasteiger partial charge on any atom is -0.507 e. The summed E-state index contributed by atoms with van der Waals surface area (Å²) in [6.45, 7) is 18.0. The molecule has 2 N–H and O–H groups in total. The average Bonchev–Trinajstić information content (AvgIpc) is 2.82. The van der Waals surface area contributed by atoms with Gasteiger partial charge in [-0.3, -0.25) is 9.98 Å². The number of aliphatic imine (C=N–C) groups is 2. The molecule has 0 aromatic heterocycles. The van der Waals surface area contributed by atoms with Gasteiger partial charge >= 0.3 is 0 Å². The lowest BCUT2D eigenvalue weighted by Gasteiger charge is -2.19. The van der Waals surface area contributed by atoms with Crippen molar-refractivity contribution in [1.29, 1.82) is 0 Å². The van der Waals surface area contributed by atoms with Gasteiger partial charge in [0.05, 0.1) is 27.5 Å². The summed E-state index contributed by atoms with van der Waals surface area (Å²) in [7, 11) is -3.03. The zero-order valence-corrected chi connectivity index (χ0v) is 25.0. The van der Waals surface area contributed by atoms with E-state index in [1.54, 1.807) is 12.4 Å². The van der Waals surface area contributed by atoms with E-state index in [4.69, 9.17) is 0 Å². The Kier molecular flexibility index (Phi) is 8.42. The maximum absolute atomic E-state index is 10.7.